The van der Waals surface area contributed by atoms with Crippen molar-refractivity contribution in [3.8, 4) is 0 Å². The maximum atomic E-state index is 5.55. The van der Waals surface area contributed by atoms with E-state index >= 15 is 0 Å². The van der Waals surface area contributed by atoms with Gasteiger partial charge in [0.1, 0.15) is 0 Å². The fourth-order valence-corrected chi connectivity index (χ4v) is 1.78. The molecule has 0 radical (unpaired) electrons. The van der Waals surface area contributed by atoms with E-state index in [9.17, 15) is 0 Å². The SMILES string of the molecule is CNCCOCC1CCCCC1. The van der Waals surface area contributed by atoms with Crippen LogP contribution >= 0.6 is 0 Å². The first-order chi connectivity index (χ1) is 5.93. The Bertz CT molecular complexity index is 100. The summed E-state index contributed by atoms with van der Waals surface area (Å²) in [4.78, 5) is 0. The third-order valence-electron chi connectivity index (χ3n) is 2.57. The van der Waals surface area contributed by atoms with Crippen LogP contribution in [0.3, 0.4) is 0 Å². The van der Waals surface area contributed by atoms with Crippen LogP contribution in [0.4, 0.5) is 0 Å². The molecule has 1 rings (SSSR count). The van der Waals surface area contributed by atoms with Gasteiger partial charge in [0.25, 0.3) is 0 Å². The summed E-state index contributed by atoms with van der Waals surface area (Å²) in [5.74, 6) is 0.857. The maximum Gasteiger partial charge on any atom is 0.0590 e. The first-order valence-corrected chi connectivity index (χ1v) is 5.16. The Hall–Kier alpha value is -0.0800. The van der Waals surface area contributed by atoms with E-state index < -0.39 is 0 Å². The first-order valence-electron chi connectivity index (χ1n) is 5.16. The molecule has 0 saturated heterocycles. The molecule has 0 unspecified atom stereocenters. The molecule has 0 aromatic heterocycles. The molecule has 1 aliphatic carbocycles. The van der Waals surface area contributed by atoms with Gasteiger partial charge >= 0.3 is 0 Å². The lowest BCUT2D eigenvalue weighted by Crippen LogP contribution is -2.18. The molecule has 12 heavy (non-hydrogen) atoms. The van der Waals surface area contributed by atoms with Gasteiger partial charge in [-0.05, 0) is 25.8 Å². The van der Waals surface area contributed by atoms with Crippen LogP contribution in [0, 0.1) is 5.92 Å². The lowest BCUT2D eigenvalue weighted by Gasteiger charge is -2.21. The number of hydrogen-bond acceptors (Lipinski definition) is 2. The van der Waals surface area contributed by atoms with Crippen LogP contribution in [-0.2, 0) is 4.74 Å². The first kappa shape index (κ1) is 10.0. The number of ether oxygens (including phenoxy) is 1. The molecular formula is C10H21NO. The van der Waals surface area contributed by atoms with Crippen molar-refractivity contribution in [3.63, 3.8) is 0 Å². The van der Waals surface area contributed by atoms with E-state index in [1.807, 2.05) is 7.05 Å². The predicted octanol–water partition coefficient (Wildman–Crippen LogP) is 1.80. The van der Waals surface area contributed by atoms with Gasteiger partial charge in [0, 0.05) is 13.2 Å². The topological polar surface area (TPSA) is 21.3 Å². The molecule has 0 heterocycles. The molecule has 0 atom stereocenters. The van der Waals surface area contributed by atoms with Gasteiger partial charge in [0.15, 0.2) is 0 Å². The van der Waals surface area contributed by atoms with Crippen LogP contribution in [-0.4, -0.2) is 26.8 Å². The standard InChI is InChI=1S/C10H21NO/c1-11-7-8-12-9-10-5-3-2-4-6-10/h10-11H,2-9H2,1H3. The highest BCUT2D eigenvalue weighted by atomic mass is 16.5. The van der Waals surface area contributed by atoms with Crippen molar-refractivity contribution in [1.29, 1.82) is 0 Å². The third-order valence-corrected chi connectivity index (χ3v) is 2.57. The minimum atomic E-state index is 0.857. The van der Waals surface area contributed by atoms with Gasteiger partial charge in [-0.2, -0.15) is 0 Å². The van der Waals surface area contributed by atoms with Crippen LogP contribution in [0.5, 0.6) is 0 Å². The second kappa shape index (κ2) is 6.44. The van der Waals surface area contributed by atoms with E-state index in [-0.39, 0.29) is 0 Å². The normalized spacial score (nSPS) is 19.8. The van der Waals surface area contributed by atoms with Crippen LogP contribution in [0.25, 0.3) is 0 Å². The van der Waals surface area contributed by atoms with Crippen LogP contribution in [0.1, 0.15) is 32.1 Å². The summed E-state index contributed by atoms with van der Waals surface area (Å²) in [5.41, 5.74) is 0. The lowest BCUT2D eigenvalue weighted by atomic mass is 9.90. The minimum Gasteiger partial charge on any atom is -0.380 e. The molecule has 0 aromatic carbocycles. The molecule has 1 fully saturated rings. The average molecular weight is 171 g/mol. The zero-order valence-corrected chi connectivity index (χ0v) is 8.14. The summed E-state index contributed by atoms with van der Waals surface area (Å²) in [7, 11) is 1.96. The van der Waals surface area contributed by atoms with Crippen molar-refractivity contribution in [2.75, 3.05) is 26.8 Å². The summed E-state index contributed by atoms with van der Waals surface area (Å²) in [6.07, 6.45) is 7.05. The summed E-state index contributed by atoms with van der Waals surface area (Å²) in [6.45, 7) is 2.83. The van der Waals surface area contributed by atoms with Gasteiger partial charge in [0.05, 0.1) is 6.61 Å². The second-order valence-corrected chi connectivity index (χ2v) is 3.68. The molecule has 1 aliphatic rings. The fraction of sp³-hybridized carbons (Fsp3) is 1.00. The second-order valence-electron chi connectivity index (χ2n) is 3.68. The van der Waals surface area contributed by atoms with Gasteiger partial charge < -0.3 is 10.1 Å². The van der Waals surface area contributed by atoms with E-state index in [4.69, 9.17) is 4.74 Å². The number of likely N-dealkylation sites (N-methyl/N-ethyl adjacent to an activating group) is 1. The zero-order valence-electron chi connectivity index (χ0n) is 8.14. The molecule has 2 nitrogen and oxygen atoms in total. The van der Waals surface area contributed by atoms with E-state index in [1.54, 1.807) is 0 Å². The van der Waals surface area contributed by atoms with Crippen molar-refractivity contribution in [2.45, 2.75) is 32.1 Å². The number of hydrogen-bond donors (Lipinski definition) is 1. The average Bonchev–Trinajstić information content (AvgIpc) is 2.14. The Morgan fingerprint density at radius 3 is 2.67 bits per heavy atom. The molecule has 1 saturated carbocycles. The molecule has 0 spiro atoms. The van der Waals surface area contributed by atoms with Crippen molar-refractivity contribution in [1.82, 2.24) is 5.32 Å². The summed E-state index contributed by atoms with van der Waals surface area (Å²) >= 11 is 0. The molecule has 0 amide bonds. The fourth-order valence-electron chi connectivity index (χ4n) is 1.78. The molecule has 1 N–H and O–H groups in total. The Morgan fingerprint density at radius 1 is 1.25 bits per heavy atom. The van der Waals surface area contributed by atoms with Crippen molar-refractivity contribution >= 4 is 0 Å². The molecule has 72 valence electrons. The Kier molecular flexibility index (Phi) is 5.37. The largest absolute Gasteiger partial charge is 0.380 e. The Labute approximate surface area is 75.7 Å². The van der Waals surface area contributed by atoms with Crippen molar-refractivity contribution in [3.05, 3.63) is 0 Å². The van der Waals surface area contributed by atoms with Crippen molar-refractivity contribution in [2.24, 2.45) is 5.92 Å². The summed E-state index contributed by atoms with van der Waals surface area (Å²) < 4.78 is 5.55. The van der Waals surface area contributed by atoms with E-state index in [0.717, 1.165) is 25.7 Å². The Morgan fingerprint density at radius 2 is 2.00 bits per heavy atom. The van der Waals surface area contributed by atoms with Crippen LogP contribution < -0.4 is 5.32 Å². The highest BCUT2D eigenvalue weighted by Gasteiger charge is 2.12. The Balaban J connectivity index is 1.91. The zero-order chi connectivity index (χ0) is 8.65. The summed E-state index contributed by atoms with van der Waals surface area (Å²) in [5, 5.41) is 3.08. The van der Waals surface area contributed by atoms with Crippen molar-refractivity contribution < 1.29 is 4.74 Å². The number of rotatable bonds is 5. The van der Waals surface area contributed by atoms with Gasteiger partial charge in [0.2, 0.25) is 0 Å². The van der Waals surface area contributed by atoms with Crippen LogP contribution in [0.15, 0.2) is 0 Å². The van der Waals surface area contributed by atoms with E-state index in [2.05, 4.69) is 5.32 Å². The highest BCUT2D eigenvalue weighted by molar-refractivity contribution is 4.64. The lowest BCUT2D eigenvalue weighted by molar-refractivity contribution is 0.0878. The molecule has 2 heteroatoms. The van der Waals surface area contributed by atoms with Gasteiger partial charge in [-0.1, -0.05) is 19.3 Å². The third kappa shape index (κ3) is 4.07. The van der Waals surface area contributed by atoms with Crippen LogP contribution in [0.2, 0.25) is 0 Å². The molecule has 0 aromatic rings. The molecular weight excluding hydrogens is 150 g/mol. The van der Waals surface area contributed by atoms with Gasteiger partial charge in [-0.25, -0.2) is 0 Å². The van der Waals surface area contributed by atoms with E-state index in [0.29, 0.717) is 0 Å². The summed E-state index contributed by atoms with van der Waals surface area (Å²) in [6, 6.07) is 0. The quantitative estimate of drug-likeness (QED) is 0.637. The van der Waals surface area contributed by atoms with Gasteiger partial charge in [-0.15, -0.1) is 0 Å². The maximum absolute atomic E-state index is 5.55. The smallest absolute Gasteiger partial charge is 0.0590 e. The van der Waals surface area contributed by atoms with E-state index in [1.165, 1.54) is 32.1 Å². The highest BCUT2D eigenvalue weighted by Crippen LogP contribution is 2.23. The monoisotopic (exact) mass is 171 g/mol. The van der Waals surface area contributed by atoms with Gasteiger partial charge in [-0.3, -0.25) is 0 Å². The molecule has 0 bridgehead atoms. The number of nitrogens with one attached hydrogen (secondary N) is 1. The predicted molar refractivity (Wildman–Crippen MR) is 51.3 cm³/mol. The molecule has 0 aliphatic heterocycles. The minimum absolute atomic E-state index is 0.857.